The van der Waals surface area contributed by atoms with Crippen LogP contribution in [0, 0.1) is 5.92 Å². The number of amides is 2. The van der Waals surface area contributed by atoms with Gasteiger partial charge in [0.1, 0.15) is 0 Å². The number of sulfonamides is 1. The minimum absolute atomic E-state index is 0.0457. The average molecular weight is 291 g/mol. The Morgan fingerprint density at radius 3 is 2.63 bits per heavy atom. The van der Waals surface area contributed by atoms with Gasteiger partial charge in [0.15, 0.2) is 0 Å². The van der Waals surface area contributed by atoms with Gasteiger partial charge in [-0.25, -0.2) is 17.9 Å². The first kappa shape index (κ1) is 16.2. The maximum absolute atomic E-state index is 12.1. The second-order valence-electron chi connectivity index (χ2n) is 5.54. The van der Waals surface area contributed by atoms with Crippen molar-refractivity contribution in [2.75, 3.05) is 25.9 Å². The molecule has 0 aromatic carbocycles. The van der Waals surface area contributed by atoms with E-state index in [1.165, 1.54) is 0 Å². The summed E-state index contributed by atoms with van der Waals surface area (Å²) in [5.74, 6) is 0.404. The van der Waals surface area contributed by atoms with Crippen LogP contribution in [0.15, 0.2) is 0 Å². The van der Waals surface area contributed by atoms with Gasteiger partial charge in [-0.3, -0.25) is 0 Å². The molecule has 2 N–H and O–H groups in total. The fraction of sp³-hybridized carbons (Fsp3) is 0.917. The third kappa shape index (κ3) is 6.24. The Hall–Kier alpha value is -0.820. The van der Waals surface area contributed by atoms with Gasteiger partial charge in [-0.1, -0.05) is 13.8 Å². The van der Waals surface area contributed by atoms with Crippen LogP contribution in [0.25, 0.3) is 0 Å². The standard InChI is InChI=1S/C12H25N3O3S/c1-10(2)8-13-12(16)15-7-5-4-6-11(15)9-14-19(3,17)18/h10-11,14H,4-9H2,1-3H3,(H,13,16)/t11-/m1/s1. The van der Waals surface area contributed by atoms with E-state index in [4.69, 9.17) is 0 Å². The van der Waals surface area contributed by atoms with Crippen LogP contribution in [0.1, 0.15) is 33.1 Å². The van der Waals surface area contributed by atoms with Crippen molar-refractivity contribution in [1.29, 1.82) is 0 Å². The Labute approximate surface area is 116 Å². The van der Waals surface area contributed by atoms with E-state index in [1.54, 1.807) is 4.90 Å². The molecule has 1 atom stereocenters. The third-order valence-electron chi connectivity index (χ3n) is 3.13. The Bertz CT molecular complexity index is 395. The van der Waals surface area contributed by atoms with E-state index in [1.807, 2.05) is 13.8 Å². The Morgan fingerprint density at radius 1 is 1.37 bits per heavy atom. The lowest BCUT2D eigenvalue weighted by atomic mass is 10.0. The molecule has 19 heavy (non-hydrogen) atoms. The quantitative estimate of drug-likeness (QED) is 0.785. The summed E-state index contributed by atoms with van der Waals surface area (Å²) in [7, 11) is -3.21. The summed E-state index contributed by atoms with van der Waals surface area (Å²) in [5.41, 5.74) is 0. The SMILES string of the molecule is CC(C)CNC(=O)N1CCCC[C@@H]1CNS(C)(=O)=O. The fourth-order valence-electron chi connectivity index (χ4n) is 2.12. The molecule has 1 saturated heterocycles. The predicted octanol–water partition coefficient (Wildman–Crippen LogP) is 0.756. The smallest absolute Gasteiger partial charge is 0.317 e. The van der Waals surface area contributed by atoms with Crippen molar-refractivity contribution in [2.45, 2.75) is 39.2 Å². The highest BCUT2D eigenvalue weighted by Gasteiger charge is 2.27. The van der Waals surface area contributed by atoms with Gasteiger partial charge in [0.05, 0.1) is 6.26 Å². The van der Waals surface area contributed by atoms with Gasteiger partial charge in [-0.05, 0) is 25.2 Å². The molecule has 2 amide bonds. The molecule has 0 unspecified atom stereocenters. The van der Waals surface area contributed by atoms with Gasteiger partial charge < -0.3 is 10.2 Å². The molecule has 0 bridgehead atoms. The highest BCUT2D eigenvalue weighted by molar-refractivity contribution is 7.88. The molecule has 6 nitrogen and oxygen atoms in total. The first-order chi connectivity index (χ1) is 8.79. The maximum atomic E-state index is 12.1. The Morgan fingerprint density at radius 2 is 2.05 bits per heavy atom. The summed E-state index contributed by atoms with van der Waals surface area (Å²) >= 11 is 0. The molecule has 1 rings (SSSR count). The van der Waals surface area contributed by atoms with Crippen LogP contribution in [0.5, 0.6) is 0 Å². The number of nitrogens with one attached hydrogen (secondary N) is 2. The second kappa shape index (κ2) is 7.09. The fourth-order valence-corrected chi connectivity index (χ4v) is 2.62. The van der Waals surface area contributed by atoms with Crippen LogP contribution >= 0.6 is 0 Å². The molecule has 0 saturated carbocycles. The molecule has 112 valence electrons. The summed E-state index contributed by atoms with van der Waals surface area (Å²) in [4.78, 5) is 13.8. The number of hydrogen-bond acceptors (Lipinski definition) is 3. The molecule has 0 aliphatic carbocycles. The summed E-state index contributed by atoms with van der Waals surface area (Å²) in [6.45, 7) is 5.72. The van der Waals surface area contributed by atoms with Crippen molar-refractivity contribution in [3.8, 4) is 0 Å². The normalized spacial score (nSPS) is 20.6. The average Bonchev–Trinajstić information content (AvgIpc) is 2.33. The number of likely N-dealkylation sites (tertiary alicyclic amines) is 1. The zero-order valence-corrected chi connectivity index (χ0v) is 12.8. The number of piperidine rings is 1. The van der Waals surface area contributed by atoms with E-state index in [0.717, 1.165) is 25.5 Å². The van der Waals surface area contributed by atoms with Gasteiger partial charge >= 0.3 is 6.03 Å². The molecule has 0 aromatic heterocycles. The number of carbonyl (C=O) groups is 1. The summed E-state index contributed by atoms with van der Waals surface area (Å²) < 4.78 is 24.8. The molecular formula is C12H25N3O3S. The van der Waals surface area contributed by atoms with Gasteiger partial charge in [0, 0.05) is 25.7 Å². The second-order valence-corrected chi connectivity index (χ2v) is 7.38. The van der Waals surface area contributed by atoms with Gasteiger partial charge in [0.2, 0.25) is 10.0 Å². The van der Waals surface area contributed by atoms with Crippen molar-refractivity contribution >= 4 is 16.1 Å². The van der Waals surface area contributed by atoms with Crippen LogP contribution < -0.4 is 10.0 Å². The molecule has 1 heterocycles. The molecule has 7 heteroatoms. The number of rotatable bonds is 5. The maximum Gasteiger partial charge on any atom is 0.317 e. The molecule has 0 radical (unpaired) electrons. The van der Waals surface area contributed by atoms with Crippen molar-refractivity contribution in [3.63, 3.8) is 0 Å². The molecule has 1 fully saturated rings. The minimum atomic E-state index is -3.21. The van der Waals surface area contributed by atoms with E-state index < -0.39 is 10.0 Å². The zero-order chi connectivity index (χ0) is 14.5. The van der Waals surface area contributed by atoms with Crippen LogP contribution in [-0.4, -0.2) is 51.3 Å². The van der Waals surface area contributed by atoms with Crippen LogP contribution in [-0.2, 0) is 10.0 Å². The monoisotopic (exact) mass is 291 g/mol. The minimum Gasteiger partial charge on any atom is -0.338 e. The van der Waals surface area contributed by atoms with E-state index in [0.29, 0.717) is 25.6 Å². The lowest BCUT2D eigenvalue weighted by Gasteiger charge is -2.35. The molecule has 0 spiro atoms. The largest absolute Gasteiger partial charge is 0.338 e. The molecular weight excluding hydrogens is 266 g/mol. The van der Waals surface area contributed by atoms with Crippen molar-refractivity contribution < 1.29 is 13.2 Å². The lowest BCUT2D eigenvalue weighted by molar-refractivity contribution is 0.151. The number of nitrogens with zero attached hydrogens (tertiary/aromatic N) is 1. The van der Waals surface area contributed by atoms with E-state index in [9.17, 15) is 13.2 Å². The number of urea groups is 1. The predicted molar refractivity (Wildman–Crippen MR) is 75.4 cm³/mol. The number of hydrogen-bond donors (Lipinski definition) is 2. The first-order valence-corrected chi connectivity index (χ1v) is 8.68. The van der Waals surface area contributed by atoms with Crippen molar-refractivity contribution in [2.24, 2.45) is 5.92 Å². The van der Waals surface area contributed by atoms with Gasteiger partial charge in [-0.2, -0.15) is 0 Å². The van der Waals surface area contributed by atoms with E-state index in [-0.39, 0.29) is 12.1 Å². The lowest BCUT2D eigenvalue weighted by Crippen LogP contribution is -2.53. The molecule has 1 aliphatic heterocycles. The summed E-state index contributed by atoms with van der Waals surface area (Å²) in [6, 6.07) is -0.135. The Kier molecular flexibility index (Phi) is 6.06. The molecule has 1 aliphatic rings. The highest BCUT2D eigenvalue weighted by atomic mass is 32.2. The highest BCUT2D eigenvalue weighted by Crippen LogP contribution is 2.16. The first-order valence-electron chi connectivity index (χ1n) is 6.78. The van der Waals surface area contributed by atoms with E-state index in [2.05, 4.69) is 10.0 Å². The molecule has 0 aromatic rings. The summed E-state index contributed by atoms with van der Waals surface area (Å²) in [6.07, 6.45) is 3.99. The van der Waals surface area contributed by atoms with Crippen LogP contribution in [0.2, 0.25) is 0 Å². The summed E-state index contributed by atoms with van der Waals surface area (Å²) in [5, 5.41) is 2.89. The zero-order valence-electron chi connectivity index (χ0n) is 12.0. The van der Waals surface area contributed by atoms with Crippen molar-refractivity contribution in [3.05, 3.63) is 0 Å². The third-order valence-corrected chi connectivity index (χ3v) is 3.82. The van der Waals surface area contributed by atoms with Gasteiger partial charge in [-0.15, -0.1) is 0 Å². The Balaban J connectivity index is 2.54. The van der Waals surface area contributed by atoms with E-state index >= 15 is 0 Å². The topological polar surface area (TPSA) is 78.5 Å². The van der Waals surface area contributed by atoms with Crippen LogP contribution in [0.3, 0.4) is 0 Å². The van der Waals surface area contributed by atoms with Gasteiger partial charge in [0.25, 0.3) is 0 Å². The number of carbonyl (C=O) groups excluding carboxylic acids is 1. The van der Waals surface area contributed by atoms with Crippen molar-refractivity contribution in [1.82, 2.24) is 14.9 Å². The van der Waals surface area contributed by atoms with Crippen LogP contribution in [0.4, 0.5) is 4.79 Å².